The largest absolute Gasteiger partial charge is 0.381 e. The Morgan fingerprint density at radius 2 is 0.769 bits per heavy atom. The summed E-state index contributed by atoms with van der Waals surface area (Å²) in [5.41, 5.74) is 0. The molecule has 1 rings (SSSR count). The van der Waals surface area contributed by atoms with E-state index in [1.54, 1.807) is 0 Å². The van der Waals surface area contributed by atoms with E-state index in [0.717, 1.165) is 13.2 Å². The van der Waals surface area contributed by atoms with Gasteiger partial charge in [-0.3, -0.25) is 0 Å². The molecule has 1 aliphatic heterocycles. The van der Waals surface area contributed by atoms with E-state index in [-0.39, 0.29) is 19.5 Å². The van der Waals surface area contributed by atoms with Crippen LogP contribution < -0.4 is 0 Å². The predicted molar refractivity (Wildman–Crippen MR) is 52.4 cm³/mol. The molecule has 0 saturated carbocycles. The number of hydrogen-bond acceptors (Lipinski definition) is 1. The molecule has 0 aromatic heterocycles. The maximum Gasteiger partial charge on any atom is 0.0466 e. The van der Waals surface area contributed by atoms with Crippen LogP contribution in [0.3, 0.4) is 0 Å². The van der Waals surface area contributed by atoms with E-state index in [1.807, 2.05) is 0 Å². The van der Waals surface area contributed by atoms with Crippen molar-refractivity contribution >= 4 is 0 Å². The maximum atomic E-state index is 5.51. The molecule has 0 aromatic rings. The predicted octanol–water partition coefficient (Wildman–Crippen LogP) is 3.53. The summed E-state index contributed by atoms with van der Waals surface area (Å²) in [7, 11) is 0. The zero-order valence-corrected chi connectivity index (χ0v) is 11.9. The topological polar surface area (TPSA) is 9.23 Å². The van der Waals surface area contributed by atoms with Crippen molar-refractivity contribution in [1.82, 2.24) is 0 Å². The van der Waals surface area contributed by atoms with E-state index in [0.29, 0.717) is 0 Å². The van der Waals surface area contributed by atoms with Crippen LogP contribution in [0.4, 0.5) is 0 Å². The van der Waals surface area contributed by atoms with Gasteiger partial charge in [0.2, 0.25) is 0 Å². The molecule has 1 nitrogen and oxygen atoms in total. The molecule has 0 atom stereocenters. The first-order chi connectivity index (χ1) is 6.00. The van der Waals surface area contributed by atoms with Crippen LogP contribution in [-0.4, -0.2) is 13.2 Å². The first-order valence-electron chi connectivity index (χ1n) is 5.58. The summed E-state index contributed by atoms with van der Waals surface area (Å²) in [5.74, 6) is 0. The Labute approximate surface area is 95.4 Å². The zero-order chi connectivity index (χ0) is 8.49. The van der Waals surface area contributed by atoms with Crippen molar-refractivity contribution in [1.29, 1.82) is 0 Å². The molecule has 0 aromatic carbocycles. The molecular weight excluding hydrogens is 214 g/mol. The van der Waals surface area contributed by atoms with Crippen molar-refractivity contribution in [2.45, 2.75) is 57.8 Å². The zero-order valence-electron chi connectivity index (χ0n) is 8.89. The summed E-state index contributed by atoms with van der Waals surface area (Å²) in [6, 6.07) is 0. The van der Waals surface area contributed by atoms with Crippen LogP contribution >= 0.6 is 0 Å². The van der Waals surface area contributed by atoms with Gasteiger partial charge in [0.25, 0.3) is 0 Å². The van der Waals surface area contributed by atoms with Gasteiger partial charge in [-0.1, -0.05) is 44.9 Å². The molecule has 0 radical (unpaired) electrons. The molecule has 13 heavy (non-hydrogen) atoms. The molecule has 74 valence electrons. The number of rotatable bonds is 0. The molecule has 0 amide bonds. The average molecular weight is 236 g/mol. The SMILES string of the molecule is C1CCCCCOCCCCC1.[Zn]. The van der Waals surface area contributed by atoms with Gasteiger partial charge in [0.1, 0.15) is 0 Å². The third kappa shape index (κ3) is 8.90. The summed E-state index contributed by atoms with van der Waals surface area (Å²) in [5, 5.41) is 0. The molecule has 1 saturated heterocycles. The Hall–Kier alpha value is 0.583. The Kier molecular flexibility index (Phi) is 11.1. The Morgan fingerprint density at radius 1 is 0.462 bits per heavy atom. The molecule has 0 unspecified atom stereocenters. The van der Waals surface area contributed by atoms with Crippen molar-refractivity contribution in [3.05, 3.63) is 0 Å². The van der Waals surface area contributed by atoms with Gasteiger partial charge in [0, 0.05) is 32.7 Å². The van der Waals surface area contributed by atoms with E-state index in [4.69, 9.17) is 4.74 Å². The Morgan fingerprint density at radius 3 is 1.15 bits per heavy atom. The smallest absolute Gasteiger partial charge is 0.0466 e. The van der Waals surface area contributed by atoms with Crippen molar-refractivity contribution < 1.29 is 24.2 Å². The van der Waals surface area contributed by atoms with E-state index >= 15 is 0 Å². The van der Waals surface area contributed by atoms with Crippen LogP contribution in [0.15, 0.2) is 0 Å². The minimum atomic E-state index is 0. The number of hydrogen-bond donors (Lipinski definition) is 0. The standard InChI is InChI=1S/C11H22O.Zn/c1-2-4-6-8-10-12-11-9-7-5-3-1;/h1-11H2;. The van der Waals surface area contributed by atoms with Gasteiger partial charge in [0.05, 0.1) is 0 Å². The van der Waals surface area contributed by atoms with Crippen LogP contribution in [0, 0.1) is 0 Å². The second-order valence-electron chi connectivity index (χ2n) is 3.79. The summed E-state index contributed by atoms with van der Waals surface area (Å²) in [6.07, 6.45) is 12.5. The third-order valence-electron chi connectivity index (χ3n) is 2.58. The maximum absolute atomic E-state index is 5.51. The Bertz CT molecular complexity index is 53.1. The second-order valence-corrected chi connectivity index (χ2v) is 3.79. The molecule has 0 bridgehead atoms. The molecule has 2 heteroatoms. The van der Waals surface area contributed by atoms with Gasteiger partial charge in [-0.05, 0) is 12.8 Å². The summed E-state index contributed by atoms with van der Waals surface area (Å²) < 4.78 is 5.51. The van der Waals surface area contributed by atoms with Crippen LogP contribution in [0.5, 0.6) is 0 Å². The molecule has 1 heterocycles. The monoisotopic (exact) mass is 234 g/mol. The van der Waals surface area contributed by atoms with Crippen molar-refractivity contribution in [3.8, 4) is 0 Å². The molecule has 1 aliphatic rings. The quantitative estimate of drug-likeness (QED) is 0.584. The molecule has 1 fully saturated rings. The molecule has 0 N–H and O–H groups in total. The van der Waals surface area contributed by atoms with Crippen LogP contribution in [0.25, 0.3) is 0 Å². The van der Waals surface area contributed by atoms with Crippen LogP contribution in [0.1, 0.15) is 57.8 Å². The van der Waals surface area contributed by atoms with E-state index in [1.165, 1.54) is 57.8 Å². The van der Waals surface area contributed by atoms with Gasteiger partial charge in [-0.15, -0.1) is 0 Å². The van der Waals surface area contributed by atoms with Crippen molar-refractivity contribution in [2.75, 3.05) is 13.2 Å². The molecule has 0 aliphatic carbocycles. The van der Waals surface area contributed by atoms with E-state index < -0.39 is 0 Å². The van der Waals surface area contributed by atoms with Gasteiger partial charge >= 0.3 is 0 Å². The van der Waals surface area contributed by atoms with Gasteiger partial charge in [-0.2, -0.15) is 0 Å². The minimum Gasteiger partial charge on any atom is -0.381 e. The third-order valence-corrected chi connectivity index (χ3v) is 2.58. The average Bonchev–Trinajstić information content (AvgIpc) is 2.05. The molecular formula is C11H22OZn. The fourth-order valence-electron chi connectivity index (χ4n) is 1.75. The fourth-order valence-corrected chi connectivity index (χ4v) is 1.75. The van der Waals surface area contributed by atoms with E-state index in [2.05, 4.69) is 0 Å². The van der Waals surface area contributed by atoms with Crippen LogP contribution in [0.2, 0.25) is 0 Å². The Balaban J connectivity index is 0.00000144. The summed E-state index contributed by atoms with van der Waals surface area (Å²) >= 11 is 0. The van der Waals surface area contributed by atoms with Crippen molar-refractivity contribution in [2.24, 2.45) is 0 Å². The van der Waals surface area contributed by atoms with Crippen LogP contribution in [-0.2, 0) is 24.2 Å². The second kappa shape index (κ2) is 10.7. The van der Waals surface area contributed by atoms with Crippen molar-refractivity contribution in [3.63, 3.8) is 0 Å². The fraction of sp³-hybridized carbons (Fsp3) is 1.00. The normalized spacial score (nSPS) is 22.2. The summed E-state index contributed by atoms with van der Waals surface area (Å²) in [4.78, 5) is 0. The number of ether oxygens (including phenoxy) is 1. The summed E-state index contributed by atoms with van der Waals surface area (Å²) in [6.45, 7) is 2.00. The minimum absolute atomic E-state index is 0. The van der Waals surface area contributed by atoms with Gasteiger partial charge in [-0.25, -0.2) is 0 Å². The van der Waals surface area contributed by atoms with Gasteiger partial charge in [0.15, 0.2) is 0 Å². The molecule has 0 spiro atoms. The first kappa shape index (κ1) is 13.6. The van der Waals surface area contributed by atoms with Gasteiger partial charge < -0.3 is 4.74 Å². The first-order valence-corrected chi connectivity index (χ1v) is 5.58. The van der Waals surface area contributed by atoms with E-state index in [9.17, 15) is 0 Å².